The van der Waals surface area contributed by atoms with Gasteiger partial charge < -0.3 is 4.74 Å². The van der Waals surface area contributed by atoms with E-state index >= 15 is 0 Å². The second-order valence-corrected chi connectivity index (χ2v) is 5.21. The molecule has 0 saturated carbocycles. The SMILES string of the molecule is CCCc1nc(COc2ccc(CC)cc2)cs1. The highest BCUT2D eigenvalue weighted by Crippen LogP contribution is 2.16. The lowest BCUT2D eigenvalue weighted by Gasteiger charge is -2.04. The first-order valence-electron chi connectivity index (χ1n) is 6.46. The van der Waals surface area contributed by atoms with Crippen LogP contribution in [0.2, 0.25) is 0 Å². The van der Waals surface area contributed by atoms with Crippen molar-refractivity contribution in [3.05, 3.63) is 45.9 Å². The number of benzene rings is 1. The summed E-state index contributed by atoms with van der Waals surface area (Å²) in [6.45, 7) is 4.89. The van der Waals surface area contributed by atoms with Crippen molar-refractivity contribution >= 4 is 11.3 Å². The molecular formula is C15H19NOS. The third kappa shape index (κ3) is 3.57. The zero-order valence-corrected chi connectivity index (χ0v) is 11.8. The molecular weight excluding hydrogens is 242 g/mol. The zero-order valence-electron chi connectivity index (χ0n) is 11.0. The first kappa shape index (κ1) is 13.1. The molecule has 0 unspecified atom stereocenters. The van der Waals surface area contributed by atoms with Gasteiger partial charge in [0.25, 0.3) is 0 Å². The molecule has 0 aliphatic rings. The summed E-state index contributed by atoms with van der Waals surface area (Å²) in [5.41, 5.74) is 2.37. The molecule has 0 spiro atoms. The Bertz CT molecular complexity index is 475. The molecule has 1 heterocycles. The van der Waals surface area contributed by atoms with E-state index in [1.165, 1.54) is 10.6 Å². The topological polar surface area (TPSA) is 22.1 Å². The Labute approximate surface area is 113 Å². The first-order valence-corrected chi connectivity index (χ1v) is 7.34. The highest BCUT2D eigenvalue weighted by atomic mass is 32.1. The number of hydrogen-bond acceptors (Lipinski definition) is 3. The van der Waals surface area contributed by atoms with Crippen molar-refractivity contribution in [3.63, 3.8) is 0 Å². The van der Waals surface area contributed by atoms with Crippen LogP contribution >= 0.6 is 11.3 Å². The molecule has 0 aliphatic heterocycles. The Kier molecular flexibility index (Phi) is 4.76. The van der Waals surface area contributed by atoms with Crippen LogP contribution in [-0.4, -0.2) is 4.98 Å². The van der Waals surface area contributed by atoms with Gasteiger partial charge in [0.2, 0.25) is 0 Å². The Morgan fingerprint density at radius 1 is 1.17 bits per heavy atom. The van der Waals surface area contributed by atoms with Crippen LogP contribution in [0, 0.1) is 0 Å². The van der Waals surface area contributed by atoms with E-state index in [4.69, 9.17) is 4.74 Å². The Morgan fingerprint density at radius 3 is 2.61 bits per heavy atom. The van der Waals surface area contributed by atoms with E-state index in [-0.39, 0.29) is 0 Å². The van der Waals surface area contributed by atoms with Gasteiger partial charge in [-0.3, -0.25) is 0 Å². The van der Waals surface area contributed by atoms with Gasteiger partial charge in [0.1, 0.15) is 12.4 Å². The van der Waals surface area contributed by atoms with E-state index in [0.29, 0.717) is 6.61 Å². The van der Waals surface area contributed by atoms with Crippen molar-refractivity contribution in [3.8, 4) is 5.75 Å². The van der Waals surface area contributed by atoms with Gasteiger partial charge in [-0.25, -0.2) is 4.98 Å². The van der Waals surface area contributed by atoms with E-state index < -0.39 is 0 Å². The van der Waals surface area contributed by atoms with E-state index in [1.54, 1.807) is 11.3 Å². The Hall–Kier alpha value is -1.35. The quantitative estimate of drug-likeness (QED) is 0.776. The molecule has 0 atom stereocenters. The molecule has 0 bridgehead atoms. The van der Waals surface area contributed by atoms with Gasteiger partial charge in [-0.05, 0) is 37.0 Å². The molecule has 0 saturated heterocycles. The van der Waals surface area contributed by atoms with Gasteiger partial charge in [0, 0.05) is 5.38 Å². The van der Waals surface area contributed by atoms with Crippen LogP contribution in [0.3, 0.4) is 0 Å². The van der Waals surface area contributed by atoms with Crippen LogP contribution in [0.25, 0.3) is 0 Å². The van der Waals surface area contributed by atoms with Crippen molar-refractivity contribution in [1.29, 1.82) is 0 Å². The highest BCUT2D eigenvalue weighted by molar-refractivity contribution is 7.09. The van der Waals surface area contributed by atoms with Crippen LogP contribution in [0.5, 0.6) is 5.75 Å². The van der Waals surface area contributed by atoms with Crippen molar-refractivity contribution in [2.75, 3.05) is 0 Å². The maximum Gasteiger partial charge on any atom is 0.131 e. The van der Waals surface area contributed by atoms with Crippen LogP contribution < -0.4 is 4.74 Å². The highest BCUT2D eigenvalue weighted by Gasteiger charge is 2.02. The minimum atomic E-state index is 0.561. The number of aromatic nitrogens is 1. The lowest BCUT2D eigenvalue weighted by Crippen LogP contribution is -1.96. The van der Waals surface area contributed by atoms with Gasteiger partial charge in [-0.2, -0.15) is 0 Å². The largest absolute Gasteiger partial charge is 0.487 e. The molecule has 0 fully saturated rings. The van der Waals surface area contributed by atoms with Gasteiger partial charge in [0.05, 0.1) is 10.7 Å². The summed E-state index contributed by atoms with van der Waals surface area (Å²) in [5.74, 6) is 0.914. The minimum Gasteiger partial charge on any atom is -0.487 e. The van der Waals surface area contributed by atoms with E-state index in [9.17, 15) is 0 Å². The van der Waals surface area contributed by atoms with Crippen molar-refractivity contribution in [2.24, 2.45) is 0 Å². The molecule has 2 aromatic rings. The third-order valence-electron chi connectivity index (χ3n) is 2.78. The average Bonchev–Trinajstić information content (AvgIpc) is 2.85. The predicted octanol–water partition coefficient (Wildman–Crippen LogP) is 4.24. The maximum atomic E-state index is 5.73. The van der Waals surface area contributed by atoms with Gasteiger partial charge >= 0.3 is 0 Å². The Balaban J connectivity index is 1.89. The van der Waals surface area contributed by atoms with E-state index in [2.05, 4.69) is 36.3 Å². The van der Waals surface area contributed by atoms with Gasteiger partial charge in [-0.15, -0.1) is 11.3 Å². The number of thiazole rings is 1. The number of rotatable bonds is 6. The lowest BCUT2D eigenvalue weighted by atomic mass is 10.2. The smallest absolute Gasteiger partial charge is 0.131 e. The molecule has 0 amide bonds. The van der Waals surface area contributed by atoms with Gasteiger partial charge in [0.15, 0.2) is 0 Å². The molecule has 0 N–H and O–H groups in total. The molecule has 2 nitrogen and oxygen atoms in total. The molecule has 3 heteroatoms. The molecule has 2 rings (SSSR count). The molecule has 0 radical (unpaired) electrons. The van der Waals surface area contributed by atoms with Crippen molar-refractivity contribution < 1.29 is 4.74 Å². The molecule has 1 aromatic carbocycles. The first-order chi connectivity index (χ1) is 8.81. The van der Waals surface area contributed by atoms with E-state index in [0.717, 1.165) is 30.7 Å². The van der Waals surface area contributed by atoms with Crippen LogP contribution in [0.4, 0.5) is 0 Å². The Morgan fingerprint density at radius 2 is 1.94 bits per heavy atom. The third-order valence-corrected chi connectivity index (χ3v) is 3.74. The van der Waals surface area contributed by atoms with Crippen LogP contribution in [0.15, 0.2) is 29.6 Å². The predicted molar refractivity (Wildman–Crippen MR) is 76.3 cm³/mol. The average molecular weight is 261 g/mol. The van der Waals surface area contributed by atoms with E-state index in [1.807, 2.05) is 12.1 Å². The monoisotopic (exact) mass is 261 g/mol. The minimum absolute atomic E-state index is 0.561. The summed E-state index contributed by atoms with van der Waals surface area (Å²) in [6, 6.07) is 8.27. The van der Waals surface area contributed by atoms with Crippen molar-refractivity contribution in [2.45, 2.75) is 39.7 Å². The lowest BCUT2D eigenvalue weighted by molar-refractivity contribution is 0.302. The summed E-state index contributed by atoms with van der Waals surface area (Å²) in [6.07, 6.45) is 3.27. The van der Waals surface area contributed by atoms with Crippen LogP contribution in [0.1, 0.15) is 36.5 Å². The second kappa shape index (κ2) is 6.55. The standard InChI is InChI=1S/C15H19NOS/c1-3-5-15-16-13(11-18-15)10-17-14-8-6-12(4-2)7-9-14/h6-9,11H,3-5,10H2,1-2H3. The summed E-state index contributed by atoms with van der Waals surface area (Å²) >= 11 is 1.72. The number of nitrogens with zero attached hydrogens (tertiary/aromatic N) is 1. The number of ether oxygens (including phenoxy) is 1. The normalized spacial score (nSPS) is 10.6. The second-order valence-electron chi connectivity index (χ2n) is 4.27. The number of aryl methyl sites for hydroxylation is 2. The maximum absolute atomic E-state index is 5.73. The molecule has 18 heavy (non-hydrogen) atoms. The van der Waals surface area contributed by atoms with Crippen molar-refractivity contribution in [1.82, 2.24) is 4.98 Å². The summed E-state index contributed by atoms with van der Waals surface area (Å²) in [4.78, 5) is 4.54. The fourth-order valence-corrected chi connectivity index (χ4v) is 2.61. The fourth-order valence-electron chi connectivity index (χ4n) is 1.72. The van der Waals surface area contributed by atoms with Gasteiger partial charge in [-0.1, -0.05) is 26.0 Å². The molecule has 96 valence electrons. The number of hydrogen-bond donors (Lipinski definition) is 0. The summed E-state index contributed by atoms with van der Waals surface area (Å²) in [7, 11) is 0. The van der Waals surface area contributed by atoms with Crippen LogP contribution in [-0.2, 0) is 19.4 Å². The fraction of sp³-hybridized carbons (Fsp3) is 0.400. The zero-order chi connectivity index (χ0) is 12.8. The summed E-state index contributed by atoms with van der Waals surface area (Å²) < 4.78 is 5.73. The molecule has 0 aliphatic carbocycles. The molecule has 1 aromatic heterocycles. The summed E-state index contributed by atoms with van der Waals surface area (Å²) in [5, 5.41) is 3.29.